The molecule has 0 spiro atoms. The minimum absolute atomic E-state index is 0.0580. The van der Waals surface area contributed by atoms with Crippen molar-refractivity contribution in [2.75, 3.05) is 14.2 Å². The van der Waals surface area contributed by atoms with E-state index in [0.29, 0.717) is 22.4 Å². The molecule has 0 amide bonds. The van der Waals surface area contributed by atoms with E-state index >= 15 is 0 Å². The Labute approximate surface area is 101 Å². The fraction of sp³-hybridized carbons (Fsp3) is 0.500. The maximum absolute atomic E-state index is 6.10. The predicted octanol–water partition coefficient (Wildman–Crippen LogP) is 3.01. The number of hydrogen-bond acceptors (Lipinski definition) is 3. The van der Waals surface area contributed by atoms with Crippen molar-refractivity contribution in [1.29, 1.82) is 0 Å². The first-order valence-electron chi connectivity index (χ1n) is 5.18. The summed E-state index contributed by atoms with van der Waals surface area (Å²) in [5.41, 5.74) is 7.02. The van der Waals surface area contributed by atoms with Crippen LogP contribution < -0.4 is 15.2 Å². The van der Waals surface area contributed by atoms with Crippen molar-refractivity contribution in [2.24, 2.45) is 11.7 Å². The van der Waals surface area contributed by atoms with E-state index in [9.17, 15) is 0 Å². The Kier molecular flexibility index (Phi) is 4.44. The summed E-state index contributed by atoms with van der Waals surface area (Å²) in [7, 11) is 3.14. The maximum atomic E-state index is 6.10. The van der Waals surface area contributed by atoms with Crippen LogP contribution in [-0.2, 0) is 0 Å². The molecular formula is C12H18ClNO2. The van der Waals surface area contributed by atoms with Crippen molar-refractivity contribution in [3.05, 3.63) is 22.7 Å². The zero-order chi connectivity index (χ0) is 12.3. The average Bonchev–Trinajstić information content (AvgIpc) is 2.26. The molecule has 1 aromatic carbocycles. The Morgan fingerprint density at radius 1 is 1.19 bits per heavy atom. The summed E-state index contributed by atoms with van der Waals surface area (Å²) in [4.78, 5) is 0. The number of methoxy groups -OCH3 is 2. The van der Waals surface area contributed by atoms with Gasteiger partial charge in [-0.15, -0.1) is 0 Å². The van der Waals surface area contributed by atoms with E-state index in [1.165, 1.54) is 0 Å². The van der Waals surface area contributed by atoms with Crippen LogP contribution in [0.1, 0.15) is 25.5 Å². The Balaban J connectivity index is 3.20. The molecule has 0 heterocycles. The molecule has 16 heavy (non-hydrogen) atoms. The number of hydrogen-bond donors (Lipinski definition) is 1. The third-order valence-electron chi connectivity index (χ3n) is 2.56. The number of ether oxygens (including phenoxy) is 2. The average molecular weight is 244 g/mol. The van der Waals surface area contributed by atoms with E-state index in [0.717, 1.165) is 5.56 Å². The smallest absolute Gasteiger partial charge is 0.179 e. The molecule has 0 bridgehead atoms. The van der Waals surface area contributed by atoms with E-state index in [-0.39, 0.29) is 6.04 Å². The van der Waals surface area contributed by atoms with Crippen LogP contribution in [0.25, 0.3) is 0 Å². The van der Waals surface area contributed by atoms with Gasteiger partial charge in [0, 0.05) is 6.04 Å². The zero-order valence-electron chi connectivity index (χ0n) is 10.1. The molecule has 0 aliphatic carbocycles. The summed E-state index contributed by atoms with van der Waals surface area (Å²) in [5, 5.41) is 0.521. The van der Waals surface area contributed by atoms with Gasteiger partial charge in [0.1, 0.15) is 0 Å². The van der Waals surface area contributed by atoms with Crippen molar-refractivity contribution < 1.29 is 9.47 Å². The second kappa shape index (κ2) is 5.41. The van der Waals surface area contributed by atoms with Gasteiger partial charge >= 0.3 is 0 Å². The van der Waals surface area contributed by atoms with Crippen LogP contribution >= 0.6 is 11.6 Å². The molecule has 1 atom stereocenters. The number of halogens is 1. The van der Waals surface area contributed by atoms with E-state index < -0.39 is 0 Å². The quantitative estimate of drug-likeness (QED) is 0.884. The van der Waals surface area contributed by atoms with Crippen LogP contribution in [0.2, 0.25) is 5.02 Å². The van der Waals surface area contributed by atoms with Crippen LogP contribution in [0, 0.1) is 5.92 Å². The van der Waals surface area contributed by atoms with Gasteiger partial charge in [-0.25, -0.2) is 0 Å². The van der Waals surface area contributed by atoms with Gasteiger partial charge in [-0.2, -0.15) is 0 Å². The lowest BCUT2D eigenvalue weighted by atomic mass is 9.97. The normalized spacial score (nSPS) is 12.7. The maximum Gasteiger partial charge on any atom is 0.179 e. The minimum atomic E-state index is -0.0580. The molecule has 0 aliphatic heterocycles. The summed E-state index contributed by atoms with van der Waals surface area (Å²) in [5.74, 6) is 1.50. The van der Waals surface area contributed by atoms with E-state index in [2.05, 4.69) is 13.8 Å². The van der Waals surface area contributed by atoms with Crippen molar-refractivity contribution >= 4 is 11.6 Å². The summed E-state index contributed by atoms with van der Waals surface area (Å²) in [6.45, 7) is 4.13. The Bertz CT molecular complexity index is 366. The van der Waals surface area contributed by atoms with Gasteiger partial charge < -0.3 is 15.2 Å². The molecule has 0 saturated heterocycles. The summed E-state index contributed by atoms with van der Waals surface area (Å²) >= 11 is 6.10. The van der Waals surface area contributed by atoms with E-state index in [1.54, 1.807) is 14.2 Å². The van der Waals surface area contributed by atoms with Gasteiger partial charge in [0.2, 0.25) is 0 Å². The highest BCUT2D eigenvalue weighted by molar-refractivity contribution is 6.32. The van der Waals surface area contributed by atoms with Gasteiger partial charge in [-0.1, -0.05) is 25.4 Å². The zero-order valence-corrected chi connectivity index (χ0v) is 10.8. The molecular weight excluding hydrogens is 226 g/mol. The topological polar surface area (TPSA) is 44.5 Å². The largest absolute Gasteiger partial charge is 0.493 e. The lowest BCUT2D eigenvalue weighted by Gasteiger charge is -2.18. The first-order valence-corrected chi connectivity index (χ1v) is 5.56. The Morgan fingerprint density at radius 3 is 2.25 bits per heavy atom. The summed E-state index contributed by atoms with van der Waals surface area (Å²) < 4.78 is 10.4. The Morgan fingerprint density at radius 2 is 1.81 bits per heavy atom. The van der Waals surface area contributed by atoms with Crippen LogP contribution in [-0.4, -0.2) is 14.2 Å². The molecule has 0 aliphatic rings. The van der Waals surface area contributed by atoms with Crippen molar-refractivity contribution in [3.8, 4) is 11.5 Å². The SMILES string of the molecule is COc1cc(C(N)C(C)C)cc(Cl)c1OC. The molecule has 0 aromatic heterocycles. The highest BCUT2D eigenvalue weighted by Crippen LogP contribution is 2.38. The number of nitrogens with two attached hydrogens (primary N) is 1. The fourth-order valence-electron chi connectivity index (χ4n) is 1.52. The molecule has 2 N–H and O–H groups in total. The summed E-state index contributed by atoms with van der Waals surface area (Å²) in [6.07, 6.45) is 0. The first-order chi connectivity index (χ1) is 7.51. The van der Waals surface area contributed by atoms with Gasteiger partial charge in [0.15, 0.2) is 11.5 Å². The van der Waals surface area contributed by atoms with Crippen molar-refractivity contribution in [2.45, 2.75) is 19.9 Å². The summed E-state index contributed by atoms with van der Waals surface area (Å²) in [6, 6.07) is 3.64. The van der Waals surface area contributed by atoms with Crippen molar-refractivity contribution in [3.63, 3.8) is 0 Å². The molecule has 3 nitrogen and oxygen atoms in total. The van der Waals surface area contributed by atoms with Crippen LogP contribution in [0.5, 0.6) is 11.5 Å². The lowest BCUT2D eigenvalue weighted by molar-refractivity contribution is 0.354. The monoisotopic (exact) mass is 243 g/mol. The molecule has 1 aromatic rings. The third-order valence-corrected chi connectivity index (χ3v) is 2.84. The number of benzene rings is 1. The molecule has 90 valence electrons. The Hall–Kier alpha value is -0.930. The molecule has 1 unspecified atom stereocenters. The second-order valence-electron chi connectivity index (χ2n) is 4.01. The van der Waals surface area contributed by atoms with Crippen LogP contribution in [0.3, 0.4) is 0 Å². The van der Waals surface area contributed by atoms with Gasteiger partial charge in [0.05, 0.1) is 19.2 Å². The first kappa shape index (κ1) is 13.1. The minimum Gasteiger partial charge on any atom is -0.493 e. The highest BCUT2D eigenvalue weighted by atomic mass is 35.5. The second-order valence-corrected chi connectivity index (χ2v) is 4.42. The predicted molar refractivity (Wildman–Crippen MR) is 66.3 cm³/mol. The van der Waals surface area contributed by atoms with E-state index in [1.807, 2.05) is 12.1 Å². The lowest BCUT2D eigenvalue weighted by Crippen LogP contribution is -2.16. The van der Waals surface area contributed by atoms with E-state index in [4.69, 9.17) is 26.8 Å². The fourth-order valence-corrected chi connectivity index (χ4v) is 1.81. The van der Waals surface area contributed by atoms with Crippen LogP contribution in [0.4, 0.5) is 0 Å². The standard InChI is InChI=1S/C12H18ClNO2/c1-7(2)11(14)8-5-9(13)12(16-4)10(6-8)15-3/h5-7,11H,14H2,1-4H3. The molecule has 0 saturated carbocycles. The molecule has 0 radical (unpaired) electrons. The van der Waals surface area contributed by atoms with Gasteiger partial charge in [-0.3, -0.25) is 0 Å². The van der Waals surface area contributed by atoms with Gasteiger partial charge in [0.25, 0.3) is 0 Å². The van der Waals surface area contributed by atoms with Crippen LogP contribution in [0.15, 0.2) is 12.1 Å². The van der Waals surface area contributed by atoms with Crippen molar-refractivity contribution in [1.82, 2.24) is 0 Å². The van der Waals surface area contributed by atoms with Gasteiger partial charge in [-0.05, 0) is 23.6 Å². The third kappa shape index (κ3) is 2.60. The molecule has 4 heteroatoms. The molecule has 1 rings (SSSR count). The highest BCUT2D eigenvalue weighted by Gasteiger charge is 2.16. The molecule has 0 fully saturated rings. The number of rotatable bonds is 4.